The summed E-state index contributed by atoms with van der Waals surface area (Å²) in [5.74, 6) is -0.816. The smallest absolute Gasteiger partial charge is 0.241 e. The molecule has 2 unspecified atom stereocenters. The van der Waals surface area contributed by atoms with Crippen LogP contribution < -0.4 is 4.72 Å². The van der Waals surface area contributed by atoms with Crippen LogP contribution in [0.5, 0.6) is 0 Å². The molecule has 0 spiro atoms. The van der Waals surface area contributed by atoms with Crippen molar-refractivity contribution in [3.05, 3.63) is 24.1 Å². The SMILES string of the molecule is CSC1CCCC1NS(=O)(=O)c1ncccc1F. The molecule has 1 N–H and O–H groups in total. The molecule has 1 aromatic rings. The van der Waals surface area contributed by atoms with Crippen molar-refractivity contribution >= 4 is 21.8 Å². The highest BCUT2D eigenvalue weighted by molar-refractivity contribution is 7.99. The van der Waals surface area contributed by atoms with E-state index in [0.29, 0.717) is 0 Å². The molecule has 18 heavy (non-hydrogen) atoms. The number of aromatic nitrogens is 1. The van der Waals surface area contributed by atoms with Crippen LogP contribution in [0.25, 0.3) is 0 Å². The Balaban J connectivity index is 2.20. The summed E-state index contributed by atoms with van der Waals surface area (Å²) in [5, 5.41) is -0.261. The second-order valence-electron chi connectivity index (χ2n) is 4.22. The largest absolute Gasteiger partial charge is 0.261 e. The first-order valence-electron chi connectivity index (χ1n) is 5.70. The normalized spacial score (nSPS) is 24.3. The predicted octanol–water partition coefficient (Wildman–Crippen LogP) is 1.78. The van der Waals surface area contributed by atoms with Gasteiger partial charge >= 0.3 is 0 Å². The summed E-state index contributed by atoms with van der Waals surface area (Å²) < 4.78 is 40.1. The van der Waals surface area contributed by atoms with E-state index in [1.165, 1.54) is 12.3 Å². The van der Waals surface area contributed by atoms with E-state index in [1.54, 1.807) is 11.8 Å². The first-order valence-corrected chi connectivity index (χ1v) is 8.47. The van der Waals surface area contributed by atoms with Gasteiger partial charge < -0.3 is 0 Å². The van der Waals surface area contributed by atoms with Crippen LogP contribution in [0.15, 0.2) is 23.4 Å². The zero-order valence-corrected chi connectivity index (χ0v) is 11.6. The molecular weight excluding hydrogens is 275 g/mol. The van der Waals surface area contributed by atoms with Gasteiger partial charge in [0.05, 0.1) is 0 Å². The molecule has 0 aliphatic heterocycles. The molecule has 0 bridgehead atoms. The summed E-state index contributed by atoms with van der Waals surface area (Å²) in [4.78, 5) is 3.61. The Bertz CT molecular complexity index is 522. The number of pyridine rings is 1. The van der Waals surface area contributed by atoms with Gasteiger partial charge in [0.2, 0.25) is 5.03 Å². The lowest BCUT2D eigenvalue weighted by Crippen LogP contribution is -2.39. The van der Waals surface area contributed by atoms with Crippen molar-refractivity contribution in [1.82, 2.24) is 9.71 Å². The number of nitrogens with zero attached hydrogens (tertiary/aromatic N) is 1. The second-order valence-corrected chi connectivity index (χ2v) is 6.93. The van der Waals surface area contributed by atoms with E-state index >= 15 is 0 Å². The van der Waals surface area contributed by atoms with E-state index in [0.717, 1.165) is 25.3 Å². The zero-order valence-electron chi connectivity index (χ0n) is 9.97. The van der Waals surface area contributed by atoms with Gasteiger partial charge in [-0.2, -0.15) is 11.8 Å². The third-order valence-corrected chi connectivity index (χ3v) is 5.63. The van der Waals surface area contributed by atoms with Gasteiger partial charge in [0, 0.05) is 17.5 Å². The number of rotatable bonds is 4. The summed E-state index contributed by atoms with van der Waals surface area (Å²) >= 11 is 1.64. The average molecular weight is 290 g/mol. The van der Waals surface area contributed by atoms with E-state index in [9.17, 15) is 12.8 Å². The van der Waals surface area contributed by atoms with Crippen LogP contribution in [0.4, 0.5) is 4.39 Å². The molecular formula is C11H15FN2O2S2. The van der Waals surface area contributed by atoms with Gasteiger partial charge in [0.15, 0.2) is 5.82 Å². The summed E-state index contributed by atoms with van der Waals surface area (Å²) in [5.41, 5.74) is 0. The molecule has 100 valence electrons. The lowest BCUT2D eigenvalue weighted by Gasteiger charge is -2.18. The Labute approximate surface area is 110 Å². The number of halogens is 1. The Morgan fingerprint density at radius 1 is 1.50 bits per heavy atom. The van der Waals surface area contributed by atoms with Crippen LogP contribution in [0.1, 0.15) is 19.3 Å². The molecule has 1 aliphatic rings. The number of hydrogen-bond acceptors (Lipinski definition) is 4. The van der Waals surface area contributed by atoms with Crippen molar-refractivity contribution in [3.63, 3.8) is 0 Å². The maximum absolute atomic E-state index is 13.5. The van der Waals surface area contributed by atoms with Crippen LogP contribution in [-0.4, -0.2) is 30.9 Å². The van der Waals surface area contributed by atoms with E-state index in [-0.39, 0.29) is 11.3 Å². The third-order valence-electron chi connectivity index (χ3n) is 3.04. The minimum absolute atomic E-state index is 0.133. The van der Waals surface area contributed by atoms with E-state index in [1.807, 2.05) is 6.26 Å². The highest BCUT2D eigenvalue weighted by Gasteiger charge is 2.32. The van der Waals surface area contributed by atoms with Crippen LogP contribution in [0, 0.1) is 5.82 Å². The molecule has 2 atom stereocenters. The van der Waals surface area contributed by atoms with Crippen molar-refractivity contribution < 1.29 is 12.8 Å². The standard InChI is InChI=1S/C11H15FN2O2S2/c1-17-10-6-2-5-9(10)14-18(15,16)11-8(12)4-3-7-13-11/h3-4,7,9-10,14H,2,5-6H2,1H3. The fourth-order valence-electron chi connectivity index (χ4n) is 2.17. The molecule has 1 aliphatic carbocycles. The molecule has 1 fully saturated rings. The minimum atomic E-state index is -3.87. The fraction of sp³-hybridized carbons (Fsp3) is 0.545. The first kappa shape index (κ1) is 13.8. The van der Waals surface area contributed by atoms with Crippen molar-refractivity contribution in [3.8, 4) is 0 Å². The second kappa shape index (κ2) is 5.54. The fourth-order valence-corrected chi connectivity index (χ4v) is 4.50. The predicted molar refractivity (Wildman–Crippen MR) is 69.5 cm³/mol. The van der Waals surface area contributed by atoms with Gasteiger partial charge in [-0.3, -0.25) is 0 Å². The molecule has 1 saturated carbocycles. The highest BCUT2D eigenvalue weighted by Crippen LogP contribution is 2.29. The summed E-state index contributed by atoms with van der Waals surface area (Å²) in [6, 6.07) is 2.34. The lowest BCUT2D eigenvalue weighted by atomic mass is 10.3. The van der Waals surface area contributed by atoms with Crippen molar-refractivity contribution in [2.75, 3.05) is 6.26 Å². The topological polar surface area (TPSA) is 59.1 Å². The number of nitrogens with one attached hydrogen (secondary N) is 1. The number of sulfonamides is 1. The molecule has 0 saturated heterocycles. The van der Waals surface area contributed by atoms with Gasteiger partial charge in [-0.25, -0.2) is 22.5 Å². The Morgan fingerprint density at radius 2 is 2.28 bits per heavy atom. The quantitative estimate of drug-likeness (QED) is 0.918. The average Bonchev–Trinajstić information content (AvgIpc) is 2.76. The van der Waals surface area contributed by atoms with Gasteiger partial charge in [0.1, 0.15) is 0 Å². The third kappa shape index (κ3) is 2.84. The molecule has 4 nitrogen and oxygen atoms in total. The van der Waals surface area contributed by atoms with Crippen LogP contribution in [0.3, 0.4) is 0 Å². The summed E-state index contributed by atoms with van der Waals surface area (Å²) in [6.07, 6.45) is 6.00. The monoisotopic (exact) mass is 290 g/mol. The highest BCUT2D eigenvalue weighted by atomic mass is 32.2. The number of hydrogen-bond donors (Lipinski definition) is 1. The maximum atomic E-state index is 13.5. The van der Waals surface area contributed by atoms with Gasteiger partial charge in [0.25, 0.3) is 10.0 Å². The number of thioether (sulfide) groups is 1. The van der Waals surface area contributed by atoms with Gasteiger partial charge in [-0.05, 0) is 31.2 Å². The molecule has 0 aromatic carbocycles. The molecule has 2 rings (SSSR count). The van der Waals surface area contributed by atoms with E-state index < -0.39 is 20.9 Å². The minimum Gasteiger partial charge on any atom is -0.241 e. The van der Waals surface area contributed by atoms with E-state index in [4.69, 9.17) is 0 Å². The molecule has 0 radical (unpaired) electrons. The van der Waals surface area contributed by atoms with Crippen LogP contribution >= 0.6 is 11.8 Å². The van der Waals surface area contributed by atoms with E-state index in [2.05, 4.69) is 9.71 Å². The Morgan fingerprint density at radius 3 is 2.94 bits per heavy atom. The van der Waals surface area contributed by atoms with Gasteiger partial charge in [-0.1, -0.05) is 6.42 Å². The summed E-state index contributed by atoms with van der Waals surface area (Å²) in [6.45, 7) is 0. The Kier molecular flexibility index (Phi) is 4.24. The summed E-state index contributed by atoms with van der Waals surface area (Å²) in [7, 11) is -3.87. The molecule has 1 heterocycles. The van der Waals surface area contributed by atoms with Crippen molar-refractivity contribution in [1.29, 1.82) is 0 Å². The van der Waals surface area contributed by atoms with Gasteiger partial charge in [-0.15, -0.1) is 0 Å². The zero-order chi connectivity index (χ0) is 13.2. The maximum Gasteiger partial charge on any atom is 0.261 e. The first-order chi connectivity index (χ1) is 8.54. The molecule has 1 aromatic heterocycles. The van der Waals surface area contributed by atoms with Crippen LogP contribution in [0.2, 0.25) is 0 Å². The Hall–Kier alpha value is -0.660. The van der Waals surface area contributed by atoms with Crippen molar-refractivity contribution in [2.24, 2.45) is 0 Å². The van der Waals surface area contributed by atoms with Crippen LogP contribution in [-0.2, 0) is 10.0 Å². The molecule has 7 heteroatoms. The van der Waals surface area contributed by atoms with Crippen molar-refractivity contribution in [2.45, 2.75) is 35.6 Å². The lowest BCUT2D eigenvalue weighted by molar-refractivity contribution is 0.529. The molecule has 0 amide bonds.